The molecule has 2 heterocycles. The molecule has 3 rings (SSSR count). The summed E-state index contributed by atoms with van der Waals surface area (Å²) in [6.45, 7) is 1.38. The van der Waals surface area contributed by atoms with Gasteiger partial charge in [-0.15, -0.1) is 0 Å². The number of methoxy groups -OCH3 is 1. The van der Waals surface area contributed by atoms with Crippen LogP contribution in [0.1, 0.15) is 21.5 Å². The zero-order valence-electron chi connectivity index (χ0n) is 14.2. The molecular weight excluding hydrogens is 347 g/mol. The Labute approximate surface area is 148 Å². The van der Waals surface area contributed by atoms with E-state index in [4.69, 9.17) is 4.74 Å². The number of halogens is 3. The summed E-state index contributed by atoms with van der Waals surface area (Å²) in [6, 6.07) is 4.31. The molecule has 1 amide bonds. The van der Waals surface area contributed by atoms with E-state index < -0.39 is 17.5 Å². The van der Waals surface area contributed by atoms with Crippen molar-refractivity contribution >= 4 is 11.7 Å². The second kappa shape index (κ2) is 7.74. The van der Waals surface area contributed by atoms with Crippen molar-refractivity contribution in [3.05, 3.63) is 58.5 Å². The highest BCUT2D eigenvalue weighted by Gasteiger charge is 2.25. The molecule has 1 N–H and O–H groups in total. The van der Waals surface area contributed by atoms with Gasteiger partial charge in [0.1, 0.15) is 5.82 Å². The number of rotatable bonds is 5. The smallest absolute Gasteiger partial charge is 0.252 e. The van der Waals surface area contributed by atoms with Crippen LogP contribution in [0.2, 0.25) is 0 Å². The maximum Gasteiger partial charge on any atom is 0.252 e. The Bertz CT molecular complexity index is 812. The average Bonchev–Trinajstić information content (AvgIpc) is 2.66. The number of nitrogens with zero attached hydrogens (tertiary/aromatic N) is 2. The lowest BCUT2D eigenvalue weighted by Gasteiger charge is -2.30. The van der Waals surface area contributed by atoms with E-state index in [1.54, 1.807) is 24.1 Å². The summed E-state index contributed by atoms with van der Waals surface area (Å²) in [5.41, 5.74) is 0.992. The van der Waals surface area contributed by atoms with Crippen molar-refractivity contribution in [3.63, 3.8) is 0 Å². The summed E-state index contributed by atoms with van der Waals surface area (Å²) in [4.78, 5) is 17.9. The third kappa shape index (κ3) is 3.65. The second-order valence-corrected chi connectivity index (χ2v) is 5.95. The number of ether oxygens (including phenoxy) is 1. The van der Waals surface area contributed by atoms with Crippen LogP contribution in [-0.2, 0) is 17.7 Å². The summed E-state index contributed by atoms with van der Waals surface area (Å²) < 4.78 is 45.7. The van der Waals surface area contributed by atoms with Gasteiger partial charge in [0, 0.05) is 38.5 Å². The van der Waals surface area contributed by atoms with Gasteiger partial charge < -0.3 is 15.0 Å². The van der Waals surface area contributed by atoms with E-state index >= 15 is 0 Å². The number of hydrogen-bond donors (Lipinski definition) is 1. The highest BCUT2D eigenvalue weighted by molar-refractivity contribution is 5.94. The van der Waals surface area contributed by atoms with Gasteiger partial charge in [-0.25, -0.2) is 18.2 Å². The molecule has 0 saturated carbocycles. The van der Waals surface area contributed by atoms with Crippen molar-refractivity contribution in [1.82, 2.24) is 10.3 Å². The standard InChI is InChI=1S/C18H18F3N3O2/c1-26-7-5-22-18(25)12-2-3-15(23-9-12)24-6-4-11-8-14(19)17(21)16(20)13(11)10-24/h2-3,8-9H,4-7,10H2,1H3,(H,22,25). The van der Waals surface area contributed by atoms with Crippen molar-refractivity contribution in [1.29, 1.82) is 0 Å². The van der Waals surface area contributed by atoms with Crippen LogP contribution in [0.15, 0.2) is 24.4 Å². The number of pyridine rings is 1. The van der Waals surface area contributed by atoms with E-state index in [0.29, 0.717) is 43.1 Å². The Morgan fingerprint density at radius 2 is 2.12 bits per heavy atom. The zero-order valence-corrected chi connectivity index (χ0v) is 14.2. The molecule has 8 heteroatoms. The molecule has 0 atom stereocenters. The quantitative estimate of drug-likeness (QED) is 0.653. The number of fused-ring (bicyclic) bond motifs is 1. The third-order valence-corrected chi connectivity index (χ3v) is 4.28. The molecule has 0 spiro atoms. The number of benzene rings is 1. The van der Waals surface area contributed by atoms with Gasteiger partial charge in [-0.05, 0) is 30.2 Å². The lowest BCUT2D eigenvalue weighted by molar-refractivity contribution is 0.0936. The lowest BCUT2D eigenvalue weighted by atomic mass is 9.98. The van der Waals surface area contributed by atoms with E-state index in [1.165, 1.54) is 6.20 Å². The molecule has 26 heavy (non-hydrogen) atoms. The van der Waals surface area contributed by atoms with E-state index in [1.807, 2.05) is 0 Å². The molecule has 1 aromatic carbocycles. The highest BCUT2D eigenvalue weighted by atomic mass is 19.2. The Hall–Kier alpha value is -2.61. The minimum absolute atomic E-state index is 0.0880. The molecule has 138 valence electrons. The Balaban J connectivity index is 1.73. The molecule has 2 aromatic rings. The van der Waals surface area contributed by atoms with E-state index in [-0.39, 0.29) is 18.0 Å². The Morgan fingerprint density at radius 3 is 2.81 bits per heavy atom. The van der Waals surface area contributed by atoms with Crippen LogP contribution in [0, 0.1) is 17.5 Å². The maximum absolute atomic E-state index is 14.0. The van der Waals surface area contributed by atoms with Crippen molar-refractivity contribution in [2.24, 2.45) is 0 Å². The molecule has 0 bridgehead atoms. The molecule has 0 saturated heterocycles. The van der Waals surface area contributed by atoms with Crippen molar-refractivity contribution in [3.8, 4) is 0 Å². The lowest BCUT2D eigenvalue weighted by Crippen LogP contribution is -2.32. The van der Waals surface area contributed by atoms with Gasteiger partial charge in [-0.1, -0.05) is 0 Å². The molecule has 0 fully saturated rings. The predicted octanol–water partition coefficient (Wildman–Crippen LogP) is 2.44. The molecule has 0 aliphatic carbocycles. The predicted molar refractivity (Wildman–Crippen MR) is 89.5 cm³/mol. The number of aromatic nitrogens is 1. The van der Waals surface area contributed by atoms with E-state index in [9.17, 15) is 18.0 Å². The van der Waals surface area contributed by atoms with Crippen LogP contribution in [0.3, 0.4) is 0 Å². The summed E-state index contributed by atoms with van der Waals surface area (Å²) >= 11 is 0. The molecule has 1 aliphatic rings. The van der Waals surface area contributed by atoms with Crippen molar-refractivity contribution in [2.45, 2.75) is 13.0 Å². The fourth-order valence-corrected chi connectivity index (χ4v) is 2.87. The first-order chi connectivity index (χ1) is 12.5. The third-order valence-electron chi connectivity index (χ3n) is 4.28. The van der Waals surface area contributed by atoms with Gasteiger partial charge in [0.25, 0.3) is 5.91 Å². The van der Waals surface area contributed by atoms with Gasteiger partial charge in [-0.2, -0.15) is 0 Å². The first-order valence-corrected chi connectivity index (χ1v) is 8.14. The van der Waals surface area contributed by atoms with E-state index in [0.717, 1.165) is 6.07 Å². The topological polar surface area (TPSA) is 54.5 Å². The summed E-state index contributed by atoms with van der Waals surface area (Å²) in [7, 11) is 1.54. The molecule has 1 aromatic heterocycles. The van der Waals surface area contributed by atoms with Gasteiger partial charge in [0.2, 0.25) is 0 Å². The fourth-order valence-electron chi connectivity index (χ4n) is 2.87. The second-order valence-electron chi connectivity index (χ2n) is 5.95. The van der Waals surface area contributed by atoms with Crippen molar-refractivity contribution < 1.29 is 22.7 Å². The van der Waals surface area contributed by atoms with E-state index in [2.05, 4.69) is 10.3 Å². The van der Waals surface area contributed by atoms with Crippen LogP contribution in [0.25, 0.3) is 0 Å². The monoisotopic (exact) mass is 365 g/mol. The zero-order chi connectivity index (χ0) is 18.7. The largest absolute Gasteiger partial charge is 0.383 e. The van der Waals surface area contributed by atoms with Crippen LogP contribution < -0.4 is 10.2 Å². The Morgan fingerprint density at radius 1 is 1.31 bits per heavy atom. The normalized spacial score (nSPS) is 13.5. The minimum atomic E-state index is -1.46. The van der Waals surface area contributed by atoms with Crippen LogP contribution in [-0.4, -0.2) is 37.7 Å². The molecular formula is C18H18F3N3O2. The van der Waals surface area contributed by atoms with Crippen LogP contribution >= 0.6 is 0 Å². The number of amides is 1. The summed E-state index contributed by atoms with van der Waals surface area (Å²) in [5, 5.41) is 2.69. The molecule has 5 nitrogen and oxygen atoms in total. The fraction of sp³-hybridized carbons (Fsp3) is 0.333. The molecule has 0 unspecified atom stereocenters. The maximum atomic E-state index is 14.0. The van der Waals surface area contributed by atoms with Gasteiger partial charge >= 0.3 is 0 Å². The number of anilines is 1. The number of carbonyl (C=O) groups excluding carboxylic acids is 1. The molecule has 0 radical (unpaired) electrons. The van der Waals surface area contributed by atoms with Crippen LogP contribution in [0.4, 0.5) is 19.0 Å². The SMILES string of the molecule is COCCNC(=O)c1ccc(N2CCc3cc(F)c(F)c(F)c3C2)nc1. The highest BCUT2D eigenvalue weighted by Crippen LogP contribution is 2.28. The number of nitrogens with one attached hydrogen (secondary N) is 1. The number of hydrogen-bond acceptors (Lipinski definition) is 4. The number of carbonyl (C=O) groups is 1. The molecule has 1 aliphatic heterocycles. The van der Waals surface area contributed by atoms with Gasteiger partial charge in [0.05, 0.1) is 12.2 Å². The first-order valence-electron chi connectivity index (χ1n) is 8.14. The average molecular weight is 365 g/mol. The Kier molecular flexibility index (Phi) is 5.41. The van der Waals surface area contributed by atoms with Crippen molar-refractivity contribution in [2.75, 3.05) is 31.7 Å². The summed E-state index contributed by atoms with van der Waals surface area (Å²) in [6.07, 6.45) is 1.80. The minimum Gasteiger partial charge on any atom is -0.383 e. The summed E-state index contributed by atoms with van der Waals surface area (Å²) in [5.74, 6) is -3.51. The van der Waals surface area contributed by atoms with Crippen LogP contribution in [0.5, 0.6) is 0 Å². The first kappa shape index (κ1) is 18.2. The van der Waals surface area contributed by atoms with Gasteiger partial charge in [-0.3, -0.25) is 4.79 Å². The van der Waals surface area contributed by atoms with Gasteiger partial charge in [0.15, 0.2) is 17.5 Å².